The van der Waals surface area contributed by atoms with Gasteiger partial charge in [0.2, 0.25) is 0 Å². The van der Waals surface area contributed by atoms with Gasteiger partial charge in [0.1, 0.15) is 0 Å². The Hall–Kier alpha value is -1.53. The second-order valence-electron chi connectivity index (χ2n) is 8.88. The molecule has 0 fully saturated rings. The average Bonchev–Trinajstić information content (AvgIpc) is 2.94. The molecule has 0 amide bonds. The molecule has 1 heterocycles. The number of hydrogen-bond acceptors (Lipinski definition) is 2. The monoisotopic (exact) mass is 399 g/mol. The first-order valence-corrected chi connectivity index (χ1v) is 9.91. The third-order valence-corrected chi connectivity index (χ3v) is 5.40. The first kappa shape index (κ1) is 22.8. The highest BCUT2D eigenvalue weighted by Crippen LogP contribution is 2.43. The molecular formula is C22H32F3NO2. The summed E-state index contributed by atoms with van der Waals surface area (Å²) in [7, 11) is 0. The van der Waals surface area contributed by atoms with Crippen molar-refractivity contribution >= 4 is 10.9 Å². The highest BCUT2D eigenvalue weighted by Gasteiger charge is 2.55. The molecule has 2 aromatic rings. The minimum Gasteiger partial charge on any atom is -0.393 e. The molecule has 1 aromatic heterocycles. The Balaban J connectivity index is 2.24. The molecule has 0 aliphatic rings. The van der Waals surface area contributed by atoms with Crippen molar-refractivity contribution in [1.29, 1.82) is 0 Å². The summed E-state index contributed by atoms with van der Waals surface area (Å²) < 4.78 is 41.6. The molecule has 0 radical (unpaired) electrons. The molecule has 2 atom stereocenters. The third-order valence-electron chi connectivity index (χ3n) is 5.40. The number of nitrogens with one attached hydrogen (secondary N) is 1. The number of aryl methyl sites for hydroxylation is 1. The summed E-state index contributed by atoms with van der Waals surface area (Å²) in [6.45, 7) is 7.25. The summed E-state index contributed by atoms with van der Waals surface area (Å²) in [4.78, 5) is 3.01. The minimum atomic E-state index is -4.77. The number of aliphatic hydroxyl groups is 2. The van der Waals surface area contributed by atoms with Crippen molar-refractivity contribution in [3.63, 3.8) is 0 Å². The van der Waals surface area contributed by atoms with Crippen LogP contribution in [0, 0.1) is 12.3 Å². The fourth-order valence-corrected chi connectivity index (χ4v) is 4.08. The van der Waals surface area contributed by atoms with Crippen LogP contribution in [0.5, 0.6) is 0 Å². The lowest BCUT2D eigenvalue weighted by Crippen LogP contribution is -2.50. The second kappa shape index (κ2) is 8.46. The maximum atomic E-state index is 13.9. The second-order valence-corrected chi connectivity index (χ2v) is 8.88. The zero-order valence-corrected chi connectivity index (χ0v) is 17.2. The Labute approximate surface area is 165 Å². The number of aromatic amines is 1. The van der Waals surface area contributed by atoms with E-state index in [2.05, 4.69) is 4.98 Å². The predicted octanol–water partition coefficient (Wildman–Crippen LogP) is 5.67. The molecule has 0 bridgehead atoms. The normalized spacial score (nSPS) is 16.3. The summed E-state index contributed by atoms with van der Waals surface area (Å²) >= 11 is 0. The molecule has 28 heavy (non-hydrogen) atoms. The summed E-state index contributed by atoms with van der Waals surface area (Å²) in [5.74, 6) is 0. The van der Waals surface area contributed by atoms with Crippen LogP contribution >= 0.6 is 0 Å². The molecule has 158 valence electrons. The van der Waals surface area contributed by atoms with Gasteiger partial charge < -0.3 is 15.2 Å². The van der Waals surface area contributed by atoms with Crippen LogP contribution in [0.4, 0.5) is 13.2 Å². The fourth-order valence-electron chi connectivity index (χ4n) is 4.08. The standard InChI is InChI=1S/C22H32F3NO2/c1-5-6-9-17(27)13-20(3,4)14-21(28,22(23,24)25)12-16-11-18-15(2)8-7-10-19(18)26-16/h7-8,10-11,17,26-28H,5-6,9,12-14H2,1-4H3. The largest absolute Gasteiger partial charge is 0.417 e. The average molecular weight is 399 g/mol. The number of H-pyrrole nitrogens is 1. The number of alkyl halides is 3. The predicted molar refractivity (Wildman–Crippen MR) is 106 cm³/mol. The first-order valence-electron chi connectivity index (χ1n) is 9.91. The van der Waals surface area contributed by atoms with Crippen molar-refractivity contribution in [1.82, 2.24) is 4.98 Å². The smallest absolute Gasteiger partial charge is 0.393 e. The van der Waals surface area contributed by atoms with Gasteiger partial charge in [-0.1, -0.05) is 45.7 Å². The van der Waals surface area contributed by atoms with Gasteiger partial charge in [-0.05, 0) is 49.3 Å². The van der Waals surface area contributed by atoms with Gasteiger partial charge in [-0.3, -0.25) is 0 Å². The Morgan fingerprint density at radius 3 is 2.43 bits per heavy atom. The lowest BCUT2D eigenvalue weighted by molar-refractivity contribution is -0.270. The molecular weight excluding hydrogens is 367 g/mol. The van der Waals surface area contributed by atoms with Crippen molar-refractivity contribution < 1.29 is 23.4 Å². The highest BCUT2D eigenvalue weighted by atomic mass is 19.4. The Morgan fingerprint density at radius 1 is 1.18 bits per heavy atom. The van der Waals surface area contributed by atoms with Crippen LogP contribution in [0.15, 0.2) is 24.3 Å². The number of rotatable bonds is 9. The summed E-state index contributed by atoms with van der Waals surface area (Å²) in [6.07, 6.45) is -3.92. The van der Waals surface area contributed by atoms with E-state index in [4.69, 9.17) is 0 Å². The van der Waals surface area contributed by atoms with Crippen LogP contribution in [0.25, 0.3) is 10.9 Å². The van der Waals surface area contributed by atoms with Crippen LogP contribution < -0.4 is 0 Å². The number of halogens is 3. The van der Waals surface area contributed by atoms with E-state index in [1.54, 1.807) is 19.9 Å². The van der Waals surface area contributed by atoms with Crippen LogP contribution in [-0.2, 0) is 6.42 Å². The topological polar surface area (TPSA) is 56.2 Å². The van der Waals surface area contributed by atoms with E-state index in [9.17, 15) is 23.4 Å². The number of hydrogen-bond donors (Lipinski definition) is 3. The van der Waals surface area contributed by atoms with Crippen LogP contribution in [0.2, 0.25) is 0 Å². The van der Waals surface area contributed by atoms with Crippen LogP contribution in [0.3, 0.4) is 0 Å². The summed E-state index contributed by atoms with van der Waals surface area (Å²) in [6, 6.07) is 7.24. The Morgan fingerprint density at radius 2 is 1.86 bits per heavy atom. The van der Waals surface area contributed by atoms with Gasteiger partial charge in [-0.25, -0.2) is 0 Å². The minimum absolute atomic E-state index is 0.219. The Kier molecular flexibility index (Phi) is 6.87. The molecule has 0 saturated carbocycles. The van der Waals surface area contributed by atoms with Crippen LogP contribution in [0.1, 0.15) is 64.1 Å². The maximum absolute atomic E-state index is 13.9. The molecule has 0 aliphatic carbocycles. The SMILES string of the molecule is CCCCC(O)CC(C)(C)CC(O)(Cc1cc2c(C)cccc2[nH]1)C(F)(F)F. The van der Waals surface area contributed by atoms with E-state index in [0.29, 0.717) is 12.1 Å². The lowest BCUT2D eigenvalue weighted by atomic mass is 9.74. The van der Waals surface area contributed by atoms with Gasteiger partial charge in [-0.2, -0.15) is 13.2 Å². The third kappa shape index (κ3) is 5.51. The molecule has 2 unspecified atom stereocenters. The van der Waals surface area contributed by atoms with E-state index < -0.39 is 36.1 Å². The van der Waals surface area contributed by atoms with Gasteiger partial charge in [-0.15, -0.1) is 0 Å². The van der Waals surface area contributed by atoms with E-state index in [1.807, 2.05) is 32.0 Å². The van der Waals surface area contributed by atoms with E-state index in [1.165, 1.54) is 0 Å². The van der Waals surface area contributed by atoms with Gasteiger partial charge >= 0.3 is 6.18 Å². The van der Waals surface area contributed by atoms with E-state index in [0.717, 1.165) is 29.3 Å². The number of aromatic nitrogens is 1. The maximum Gasteiger partial charge on any atom is 0.417 e. The number of aliphatic hydroxyl groups excluding tert-OH is 1. The summed E-state index contributed by atoms with van der Waals surface area (Å²) in [5.41, 5.74) is -1.65. The highest BCUT2D eigenvalue weighted by molar-refractivity contribution is 5.83. The van der Waals surface area contributed by atoms with E-state index >= 15 is 0 Å². The van der Waals surface area contributed by atoms with Crippen molar-refractivity contribution in [2.45, 2.75) is 84.1 Å². The number of unbranched alkanes of at least 4 members (excludes halogenated alkanes) is 1. The Bertz CT molecular complexity index is 782. The molecule has 3 N–H and O–H groups in total. The van der Waals surface area contributed by atoms with Crippen molar-refractivity contribution in [3.8, 4) is 0 Å². The molecule has 0 saturated heterocycles. The number of fused-ring (bicyclic) bond motifs is 1. The van der Waals surface area contributed by atoms with Crippen molar-refractivity contribution in [3.05, 3.63) is 35.5 Å². The van der Waals surface area contributed by atoms with Crippen molar-refractivity contribution in [2.75, 3.05) is 0 Å². The molecule has 2 rings (SSSR count). The van der Waals surface area contributed by atoms with E-state index in [-0.39, 0.29) is 6.42 Å². The molecule has 6 heteroatoms. The number of benzene rings is 1. The molecule has 1 aromatic carbocycles. The van der Waals surface area contributed by atoms with Gasteiger partial charge in [0.25, 0.3) is 0 Å². The summed E-state index contributed by atoms with van der Waals surface area (Å²) in [5, 5.41) is 21.7. The van der Waals surface area contributed by atoms with Gasteiger partial charge in [0.05, 0.1) is 6.10 Å². The molecule has 3 nitrogen and oxygen atoms in total. The zero-order valence-electron chi connectivity index (χ0n) is 17.2. The van der Waals surface area contributed by atoms with Gasteiger partial charge in [0.15, 0.2) is 5.60 Å². The molecule has 0 spiro atoms. The quantitative estimate of drug-likeness (QED) is 0.509. The van der Waals surface area contributed by atoms with Crippen LogP contribution in [-0.4, -0.2) is 33.1 Å². The van der Waals surface area contributed by atoms with Gasteiger partial charge in [0, 0.05) is 23.0 Å². The first-order chi connectivity index (χ1) is 12.9. The molecule has 0 aliphatic heterocycles. The van der Waals surface area contributed by atoms with Crippen molar-refractivity contribution in [2.24, 2.45) is 5.41 Å². The zero-order chi connectivity index (χ0) is 21.2. The fraction of sp³-hybridized carbons (Fsp3) is 0.636. The lowest BCUT2D eigenvalue weighted by Gasteiger charge is -2.38.